The van der Waals surface area contributed by atoms with Crippen molar-refractivity contribution in [1.29, 1.82) is 0 Å². The zero-order valence-corrected chi connectivity index (χ0v) is 26.9. The Hall–Kier alpha value is -3.28. The molecule has 242 valence electrons. The number of amides is 2. The Morgan fingerprint density at radius 1 is 0.933 bits per heavy atom. The summed E-state index contributed by atoms with van der Waals surface area (Å²) in [6.07, 6.45) is 0.633. The Bertz CT molecular complexity index is 1600. The number of benzene rings is 3. The van der Waals surface area contributed by atoms with Crippen molar-refractivity contribution < 1.29 is 31.2 Å². The van der Waals surface area contributed by atoms with Crippen molar-refractivity contribution in [2.24, 2.45) is 0 Å². The average Bonchev–Trinajstić information content (AvgIpc) is 2.98. The molecule has 1 unspecified atom stereocenters. The van der Waals surface area contributed by atoms with E-state index in [9.17, 15) is 31.2 Å². The van der Waals surface area contributed by atoms with Crippen LogP contribution < -0.4 is 9.62 Å². The van der Waals surface area contributed by atoms with Gasteiger partial charge in [-0.2, -0.15) is 13.2 Å². The van der Waals surface area contributed by atoms with Gasteiger partial charge in [0.25, 0.3) is 0 Å². The number of sulfonamides is 1. The molecule has 0 spiro atoms. The molecule has 4 rings (SSSR count). The van der Waals surface area contributed by atoms with Gasteiger partial charge in [0.2, 0.25) is 21.8 Å². The van der Waals surface area contributed by atoms with Crippen LogP contribution in [-0.2, 0) is 38.8 Å². The van der Waals surface area contributed by atoms with Crippen molar-refractivity contribution in [2.75, 3.05) is 17.1 Å². The molecule has 3 aromatic carbocycles. The highest BCUT2D eigenvalue weighted by Crippen LogP contribution is 2.36. The van der Waals surface area contributed by atoms with Crippen molar-refractivity contribution in [2.45, 2.75) is 63.3 Å². The number of hydrogen-bond acceptors (Lipinski definition) is 4. The molecule has 1 aliphatic rings. The molecule has 1 N–H and O–H groups in total. The lowest BCUT2D eigenvalue weighted by atomic mass is 9.94. The van der Waals surface area contributed by atoms with E-state index in [1.54, 1.807) is 36.4 Å². The molecule has 7 nitrogen and oxygen atoms in total. The number of halogens is 5. The fraction of sp³-hybridized carbons (Fsp3) is 0.375. The van der Waals surface area contributed by atoms with E-state index in [2.05, 4.69) is 5.32 Å². The minimum absolute atomic E-state index is 0.0850. The minimum atomic E-state index is -4.79. The largest absolute Gasteiger partial charge is 0.416 e. The van der Waals surface area contributed by atoms with E-state index < -0.39 is 51.9 Å². The zero-order chi connectivity index (χ0) is 32.8. The quantitative estimate of drug-likeness (QED) is 0.239. The number of alkyl halides is 3. The van der Waals surface area contributed by atoms with Crippen molar-refractivity contribution in [3.8, 4) is 0 Å². The standard InChI is InChI=1S/C32H34Cl2F3N3O4S/c1-45(43,44)40(28-19-24(32(35,36)37)16-17-27(28)34)21-30(41)39(20-23-12-8-9-15-26(23)33)29(18-22-10-4-2-5-11-22)31(42)38-25-13-6-3-7-14-25/h2,4-5,8-12,15-17,19,25,29H,3,6-7,13-14,18,20-21H2,1H3,(H,38,42). The van der Waals surface area contributed by atoms with Gasteiger partial charge in [-0.25, -0.2) is 8.42 Å². The maximum absolute atomic E-state index is 14.2. The van der Waals surface area contributed by atoms with Crippen LogP contribution in [0, 0.1) is 0 Å². The first-order valence-corrected chi connectivity index (χ1v) is 17.1. The van der Waals surface area contributed by atoms with Crippen LogP contribution in [0.5, 0.6) is 0 Å². The number of nitrogens with zero attached hydrogens (tertiary/aromatic N) is 2. The van der Waals surface area contributed by atoms with E-state index in [4.69, 9.17) is 23.2 Å². The van der Waals surface area contributed by atoms with Crippen LogP contribution in [0.4, 0.5) is 18.9 Å². The summed E-state index contributed by atoms with van der Waals surface area (Å²) in [4.78, 5) is 29.5. The molecule has 13 heteroatoms. The van der Waals surface area contributed by atoms with Crippen LogP contribution in [-0.4, -0.2) is 50.0 Å². The summed E-state index contributed by atoms with van der Waals surface area (Å²) in [5.41, 5.74) is -0.394. The first-order chi connectivity index (χ1) is 21.2. The van der Waals surface area contributed by atoms with Gasteiger partial charge < -0.3 is 10.2 Å². The van der Waals surface area contributed by atoms with E-state index in [0.29, 0.717) is 21.0 Å². The van der Waals surface area contributed by atoms with Crippen LogP contribution in [0.2, 0.25) is 10.0 Å². The fourth-order valence-electron chi connectivity index (χ4n) is 5.38. The highest BCUT2D eigenvalue weighted by Gasteiger charge is 2.36. The maximum atomic E-state index is 14.2. The van der Waals surface area contributed by atoms with Gasteiger partial charge in [-0.15, -0.1) is 0 Å². The van der Waals surface area contributed by atoms with E-state index in [0.717, 1.165) is 56.1 Å². The number of hydrogen-bond donors (Lipinski definition) is 1. The molecule has 1 atom stereocenters. The van der Waals surface area contributed by atoms with Crippen molar-refractivity contribution in [1.82, 2.24) is 10.2 Å². The van der Waals surface area contributed by atoms with Crippen molar-refractivity contribution >= 4 is 50.7 Å². The van der Waals surface area contributed by atoms with Gasteiger partial charge in [-0.05, 0) is 48.2 Å². The van der Waals surface area contributed by atoms with Crippen LogP contribution in [0.25, 0.3) is 0 Å². The van der Waals surface area contributed by atoms with Gasteiger partial charge in [0.1, 0.15) is 12.6 Å². The molecule has 0 aliphatic heterocycles. The van der Waals surface area contributed by atoms with Crippen molar-refractivity contribution in [3.05, 3.63) is 99.5 Å². The fourth-order valence-corrected chi connectivity index (χ4v) is 6.70. The maximum Gasteiger partial charge on any atom is 0.416 e. The van der Waals surface area contributed by atoms with Gasteiger partial charge in [-0.1, -0.05) is 91.0 Å². The second-order valence-electron chi connectivity index (χ2n) is 11.1. The van der Waals surface area contributed by atoms with Gasteiger partial charge >= 0.3 is 6.18 Å². The molecule has 1 fully saturated rings. The first kappa shape index (κ1) is 34.6. The predicted molar refractivity (Wildman–Crippen MR) is 170 cm³/mol. The molecule has 2 amide bonds. The van der Waals surface area contributed by atoms with Gasteiger partial charge in [-0.3, -0.25) is 13.9 Å². The highest BCUT2D eigenvalue weighted by molar-refractivity contribution is 7.92. The molecule has 0 radical (unpaired) electrons. The summed E-state index contributed by atoms with van der Waals surface area (Å²) in [6.45, 7) is -1.08. The SMILES string of the molecule is CS(=O)(=O)N(CC(=O)N(Cc1ccccc1Cl)C(Cc1ccccc1)C(=O)NC1CCCCC1)c1cc(C(F)(F)F)ccc1Cl. The number of rotatable bonds is 11. The molecule has 3 aromatic rings. The van der Waals surface area contributed by atoms with E-state index in [-0.39, 0.29) is 24.0 Å². The summed E-state index contributed by atoms with van der Waals surface area (Å²) in [5.74, 6) is -1.25. The summed E-state index contributed by atoms with van der Waals surface area (Å²) < 4.78 is 67.3. The molecular weight excluding hydrogens is 650 g/mol. The summed E-state index contributed by atoms with van der Waals surface area (Å²) in [7, 11) is -4.33. The average molecular weight is 685 g/mol. The van der Waals surface area contributed by atoms with Gasteiger partial charge in [0.05, 0.1) is 22.5 Å². The Morgan fingerprint density at radius 3 is 2.20 bits per heavy atom. The topological polar surface area (TPSA) is 86.8 Å². The van der Waals surface area contributed by atoms with Gasteiger partial charge in [0.15, 0.2) is 0 Å². The lowest BCUT2D eigenvalue weighted by molar-refractivity contribution is -0.140. The normalized spacial score (nSPS) is 14.9. The third-order valence-corrected chi connectivity index (χ3v) is 9.56. The van der Waals surface area contributed by atoms with Crippen LogP contribution in [0.3, 0.4) is 0 Å². The van der Waals surface area contributed by atoms with E-state index in [1.165, 1.54) is 4.90 Å². The predicted octanol–water partition coefficient (Wildman–Crippen LogP) is 6.87. The van der Waals surface area contributed by atoms with Gasteiger partial charge in [0, 0.05) is 24.0 Å². The van der Waals surface area contributed by atoms with Crippen molar-refractivity contribution in [3.63, 3.8) is 0 Å². The molecule has 0 aromatic heterocycles. The lowest BCUT2D eigenvalue weighted by Gasteiger charge is -2.35. The minimum Gasteiger partial charge on any atom is -0.352 e. The zero-order valence-electron chi connectivity index (χ0n) is 24.6. The monoisotopic (exact) mass is 683 g/mol. The van der Waals surface area contributed by atoms with Crippen LogP contribution >= 0.6 is 23.2 Å². The molecule has 1 saturated carbocycles. The third-order valence-electron chi connectivity index (χ3n) is 7.74. The third kappa shape index (κ3) is 9.37. The molecule has 0 bridgehead atoms. The van der Waals surface area contributed by atoms with E-state index >= 15 is 0 Å². The molecule has 45 heavy (non-hydrogen) atoms. The molecule has 0 saturated heterocycles. The molecule has 0 heterocycles. The number of carbonyl (C=O) groups is 2. The number of anilines is 1. The smallest absolute Gasteiger partial charge is 0.352 e. The number of carbonyl (C=O) groups excluding carboxylic acids is 2. The second-order valence-corrected chi connectivity index (χ2v) is 13.8. The first-order valence-electron chi connectivity index (χ1n) is 14.5. The Morgan fingerprint density at radius 2 is 1.58 bits per heavy atom. The summed E-state index contributed by atoms with van der Waals surface area (Å²) >= 11 is 12.7. The van der Waals surface area contributed by atoms with Crippen LogP contribution in [0.1, 0.15) is 48.8 Å². The van der Waals surface area contributed by atoms with Crippen LogP contribution in [0.15, 0.2) is 72.8 Å². The second kappa shape index (κ2) is 14.9. The molecule has 1 aliphatic carbocycles. The number of nitrogens with one attached hydrogen (secondary N) is 1. The lowest BCUT2D eigenvalue weighted by Crippen LogP contribution is -2.55. The summed E-state index contributed by atoms with van der Waals surface area (Å²) in [6, 6.07) is 16.8. The molecular formula is C32H34Cl2F3N3O4S. The summed E-state index contributed by atoms with van der Waals surface area (Å²) in [5, 5.41) is 3.10. The Labute approximate surface area is 271 Å². The Balaban J connectivity index is 1.77. The highest BCUT2D eigenvalue weighted by atomic mass is 35.5. The van der Waals surface area contributed by atoms with E-state index in [1.807, 2.05) is 18.2 Å². The Kier molecular flexibility index (Phi) is 11.4.